The van der Waals surface area contributed by atoms with Crippen LogP contribution in [0.15, 0.2) is 11.1 Å². The van der Waals surface area contributed by atoms with Crippen LogP contribution < -0.4 is 0 Å². The van der Waals surface area contributed by atoms with E-state index in [1.807, 2.05) is 6.92 Å². The highest BCUT2D eigenvalue weighted by Gasteiger charge is 2.65. The molecule has 0 radical (unpaired) electrons. The van der Waals surface area contributed by atoms with E-state index < -0.39 is 0 Å². The molecule has 3 rings (SSSR count). The number of hydrogen-bond acceptors (Lipinski definition) is 2. The molecule has 0 amide bonds. The first-order valence-electron chi connectivity index (χ1n) is 6.92. The van der Waals surface area contributed by atoms with Gasteiger partial charge < -0.3 is 10.2 Å². The predicted octanol–water partition coefficient (Wildman–Crippen LogP) is 2.36. The fraction of sp³-hybridized carbons (Fsp3) is 0.867. The first-order valence-corrected chi connectivity index (χ1v) is 6.92. The molecule has 0 bridgehead atoms. The molecule has 0 saturated heterocycles. The first-order chi connectivity index (χ1) is 7.85. The summed E-state index contributed by atoms with van der Waals surface area (Å²) in [5.74, 6) is 2.40. The van der Waals surface area contributed by atoms with Gasteiger partial charge in [0.1, 0.15) is 0 Å². The van der Waals surface area contributed by atoms with Gasteiger partial charge in [-0.2, -0.15) is 0 Å². The lowest BCUT2D eigenvalue weighted by Gasteiger charge is -2.22. The molecule has 17 heavy (non-hydrogen) atoms. The van der Waals surface area contributed by atoms with Crippen LogP contribution in [0.1, 0.15) is 40.5 Å². The molecule has 3 aliphatic carbocycles. The Morgan fingerprint density at radius 1 is 1.12 bits per heavy atom. The van der Waals surface area contributed by atoms with Gasteiger partial charge in [0.05, 0.1) is 12.2 Å². The second-order valence-corrected chi connectivity index (χ2v) is 7.10. The Hall–Kier alpha value is -0.340. The standard InChI is InChI=1S/C15H24O2/c1-7-5-11(17)13-8(2)10(16)6-9-14(12(7)13)15(9,3)4/h7,9-12,14,16-17H,5-6H2,1-4H3/t7-,9-,10-,11+,12-,14-/m1/s1. The lowest BCUT2D eigenvalue weighted by Crippen LogP contribution is -2.19. The Morgan fingerprint density at radius 3 is 2.41 bits per heavy atom. The number of aliphatic hydroxyl groups is 2. The van der Waals surface area contributed by atoms with Crippen LogP contribution >= 0.6 is 0 Å². The Morgan fingerprint density at radius 2 is 1.76 bits per heavy atom. The van der Waals surface area contributed by atoms with Gasteiger partial charge >= 0.3 is 0 Å². The monoisotopic (exact) mass is 236 g/mol. The summed E-state index contributed by atoms with van der Waals surface area (Å²) in [6.45, 7) is 8.93. The van der Waals surface area contributed by atoms with Crippen LogP contribution in [-0.4, -0.2) is 22.4 Å². The summed E-state index contributed by atoms with van der Waals surface area (Å²) in [4.78, 5) is 0. The van der Waals surface area contributed by atoms with Gasteiger partial charge in [-0.1, -0.05) is 20.8 Å². The molecule has 96 valence electrons. The number of fused-ring (bicyclic) bond motifs is 3. The maximum atomic E-state index is 10.3. The van der Waals surface area contributed by atoms with Crippen molar-refractivity contribution < 1.29 is 10.2 Å². The van der Waals surface area contributed by atoms with E-state index >= 15 is 0 Å². The maximum Gasteiger partial charge on any atom is 0.0759 e. The van der Waals surface area contributed by atoms with Crippen LogP contribution in [0, 0.1) is 29.1 Å². The molecule has 6 atom stereocenters. The third kappa shape index (κ3) is 1.40. The van der Waals surface area contributed by atoms with E-state index in [1.54, 1.807) is 0 Å². The van der Waals surface area contributed by atoms with Crippen LogP contribution in [0.2, 0.25) is 0 Å². The average molecular weight is 236 g/mol. The van der Waals surface area contributed by atoms with Gasteiger partial charge in [0.2, 0.25) is 0 Å². The van der Waals surface area contributed by atoms with Gasteiger partial charge in [-0.3, -0.25) is 0 Å². The molecule has 0 unspecified atom stereocenters. The van der Waals surface area contributed by atoms with E-state index in [4.69, 9.17) is 0 Å². The smallest absolute Gasteiger partial charge is 0.0759 e. The van der Waals surface area contributed by atoms with Crippen LogP contribution in [0.5, 0.6) is 0 Å². The molecule has 2 nitrogen and oxygen atoms in total. The van der Waals surface area contributed by atoms with E-state index in [1.165, 1.54) is 5.57 Å². The Balaban J connectivity index is 2.06. The second kappa shape index (κ2) is 3.36. The normalized spacial score (nSPS) is 51.9. The molecule has 0 heterocycles. The zero-order valence-corrected chi connectivity index (χ0v) is 11.3. The van der Waals surface area contributed by atoms with Gasteiger partial charge in [-0.25, -0.2) is 0 Å². The molecular formula is C15H24O2. The van der Waals surface area contributed by atoms with E-state index in [0.29, 0.717) is 29.1 Å². The number of aliphatic hydroxyl groups excluding tert-OH is 2. The molecule has 0 aliphatic heterocycles. The summed E-state index contributed by atoms with van der Waals surface area (Å²) in [5, 5.41) is 20.5. The van der Waals surface area contributed by atoms with E-state index in [9.17, 15) is 10.2 Å². The Bertz CT molecular complexity index is 382. The quantitative estimate of drug-likeness (QED) is 0.634. The van der Waals surface area contributed by atoms with Crippen molar-refractivity contribution in [2.24, 2.45) is 29.1 Å². The highest BCUT2D eigenvalue weighted by atomic mass is 16.3. The average Bonchev–Trinajstić information content (AvgIpc) is 2.65. The van der Waals surface area contributed by atoms with Gasteiger partial charge in [0.15, 0.2) is 0 Å². The van der Waals surface area contributed by atoms with Gasteiger partial charge in [0.25, 0.3) is 0 Å². The summed E-state index contributed by atoms with van der Waals surface area (Å²) < 4.78 is 0. The van der Waals surface area contributed by atoms with Crippen molar-refractivity contribution in [1.82, 2.24) is 0 Å². The topological polar surface area (TPSA) is 40.5 Å². The van der Waals surface area contributed by atoms with Crippen molar-refractivity contribution in [2.45, 2.75) is 52.7 Å². The fourth-order valence-electron chi connectivity index (χ4n) is 4.79. The second-order valence-electron chi connectivity index (χ2n) is 7.10. The highest BCUT2D eigenvalue weighted by Crippen LogP contribution is 2.69. The van der Waals surface area contributed by atoms with Crippen molar-refractivity contribution in [3.05, 3.63) is 11.1 Å². The molecule has 2 fully saturated rings. The summed E-state index contributed by atoms with van der Waals surface area (Å²) in [5.41, 5.74) is 2.61. The molecular weight excluding hydrogens is 212 g/mol. The van der Waals surface area contributed by atoms with E-state index in [-0.39, 0.29) is 12.2 Å². The molecule has 2 N–H and O–H groups in total. The predicted molar refractivity (Wildman–Crippen MR) is 67.4 cm³/mol. The first kappa shape index (κ1) is 11.7. The van der Waals surface area contributed by atoms with E-state index in [0.717, 1.165) is 18.4 Å². The molecule has 2 heteroatoms. The summed E-state index contributed by atoms with van der Waals surface area (Å²) >= 11 is 0. The van der Waals surface area contributed by atoms with Crippen LogP contribution in [0.25, 0.3) is 0 Å². The number of rotatable bonds is 0. The van der Waals surface area contributed by atoms with Gasteiger partial charge in [0, 0.05) is 0 Å². The molecule has 2 saturated carbocycles. The third-order valence-corrected chi connectivity index (χ3v) is 5.88. The van der Waals surface area contributed by atoms with Gasteiger partial charge in [-0.15, -0.1) is 0 Å². The molecule has 0 aromatic carbocycles. The van der Waals surface area contributed by atoms with Crippen LogP contribution in [-0.2, 0) is 0 Å². The minimum absolute atomic E-state index is 0.306. The van der Waals surface area contributed by atoms with Gasteiger partial charge in [-0.05, 0) is 60.0 Å². The zero-order chi connectivity index (χ0) is 12.5. The summed E-state index contributed by atoms with van der Waals surface area (Å²) in [7, 11) is 0. The number of hydrogen-bond donors (Lipinski definition) is 2. The van der Waals surface area contributed by atoms with Crippen molar-refractivity contribution in [3.8, 4) is 0 Å². The maximum absolute atomic E-state index is 10.3. The largest absolute Gasteiger partial charge is 0.389 e. The summed E-state index contributed by atoms with van der Waals surface area (Å²) in [6.07, 6.45) is 1.13. The molecule has 3 aliphatic rings. The fourth-order valence-corrected chi connectivity index (χ4v) is 4.79. The third-order valence-electron chi connectivity index (χ3n) is 5.88. The Kier molecular flexibility index (Phi) is 2.32. The minimum atomic E-state index is -0.329. The van der Waals surface area contributed by atoms with Crippen molar-refractivity contribution in [2.75, 3.05) is 0 Å². The van der Waals surface area contributed by atoms with Crippen LogP contribution in [0.3, 0.4) is 0 Å². The van der Waals surface area contributed by atoms with Crippen molar-refractivity contribution >= 4 is 0 Å². The zero-order valence-electron chi connectivity index (χ0n) is 11.3. The van der Waals surface area contributed by atoms with Crippen molar-refractivity contribution in [3.63, 3.8) is 0 Å². The highest BCUT2D eigenvalue weighted by molar-refractivity contribution is 5.34. The molecule has 0 aromatic heterocycles. The lowest BCUT2D eigenvalue weighted by atomic mass is 9.84. The van der Waals surface area contributed by atoms with Crippen molar-refractivity contribution in [1.29, 1.82) is 0 Å². The Labute approximate surface area is 104 Å². The minimum Gasteiger partial charge on any atom is -0.389 e. The van der Waals surface area contributed by atoms with Crippen LogP contribution in [0.4, 0.5) is 0 Å². The molecule has 0 aromatic rings. The molecule has 0 spiro atoms. The van der Waals surface area contributed by atoms with E-state index in [2.05, 4.69) is 20.8 Å². The SMILES string of the molecule is CC1=C2[C@H]([C@H]3[C@@H](C[C@H]1O)C3(C)C)[C@H](C)C[C@@H]2O. The lowest BCUT2D eigenvalue weighted by molar-refractivity contribution is 0.177. The summed E-state index contributed by atoms with van der Waals surface area (Å²) in [6, 6.07) is 0.